The quantitative estimate of drug-likeness (QED) is 0.749. The topological polar surface area (TPSA) is 76.6 Å². The van der Waals surface area contributed by atoms with Crippen LogP contribution < -0.4 is 0 Å². The molecule has 0 unspecified atom stereocenters. The van der Waals surface area contributed by atoms with Crippen LogP contribution >= 0.6 is 11.3 Å². The number of ether oxygens (including phenoxy) is 1. The second kappa shape index (κ2) is 6.64. The molecule has 0 aromatic carbocycles. The van der Waals surface area contributed by atoms with Gasteiger partial charge in [-0.3, -0.25) is 0 Å². The Hall–Kier alpha value is -0.990. The van der Waals surface area contributed by atoms with Crippen LogP contribution in [0.4, 0.5) is 0 Å². The van der Waals surface area contributed by atoms with Gasteiger partial charge in [0.2, 0.25) is 0 Å². The van der Waals surface area contributed by atoms with Crippen molar-refractivity contribution in [3.05, 3.63) is 11.2 Å². The van der Waals surface area contributed by atoms with Gasteiger partial charge in [-0.25, -0.2) is 18.2 Å². The van der Waals surface area contributed by atoms with Crippen molar-refractivity contribution in [2.45, 2.75) is 37.9 Å². The van der Waals surface area contributed by atoms with Crippen LogP contribution in [0.25, 0.3) is 0 Å². The molecule has 0 N–H and O–H groups in total. The van der Waals surface area contributed by atoms with Crippen LogP contribution in [0.5, 0.6) is 0 Å². The number of sulfonamides is 1. The molecule has 0 aliphatic heterocycles. The van der Waals surface area contributed by atoms with Gasteiger partial charge in [0.15, 0.2) is 9.90 Å². The zero-order valence-electron chi connectivity index (χ0n) is 12.3. The third kappa shape index (κ3) is 3.56. The van der Waals surface area contributed by atoms with E-state index in [4.69, 9.17) is 0 Å². The fourth-order valence-corrected chi connectivity index (χ4v) is 4.75. The SMILES string of the molecule is COC(=O)c1ncsc1S(=O)(=O)N(CC(C)C)C(C)C. The van der Waals surface area contributed by atoms with Crippen LogP contribution in [0.1, 0.15) is 38.2 Å². The van der Waals surface area contributed by atoms with E-state index in [1.54, 1.807) is 13.8 Å². The first-order valence-electron chi connectivity index (χ1n) is 6.25. The van der Waals surface area contributed by atoms with Crippen LogP contribution in [0, 0.1) is 5.92 Å². The summed E-state index contributed by atoms with van der Waals surface area (Å²) in [4.78, 5) is 15.4. The zero-order chi connectivity index (χ0) is 15.5. The number of carbonyl (C=O) groups excluding carboxylic acids is 1. The number of esters is 1. The molecule has 0 atom stereocenters. The largest absolute Gasteiger partial charge is 0.464 e. The molecule has 114 valence electrons. The van der Waals surface area contributed by atoms with Gasteiger partial charge in [0, 0.05) is 12.6 Å². The summed E-state index contributed by atoms with van der Waals surface area (Å²) in [6.07, 6.45) is 0. The maximum absolute atomic E-state index is 12.7. The number of thiazole rings is 1. The lowest BCUT2D eigenvalue weighted by Crippen LogP contribution is -2.39. The number of aromatic nitrogens is 1. The van der Waals surface area contributed by atoms with Gasteiger partial charge in [0.05, 0.1) is 12.6 Å². The molecule has 0 spiro atoms. The van der Waals surface area contributed by atoms with Crippen molar-refractivity contribution in [2.24, 2.45) is 5.92 Å². The van der Waals surface area contributed by atoms with Gasteiger partial charge in [0.25, 0.3) is 10.0 Å². The van der Waals surface area contributed by atoms with Gasteiger partial charge in [-0.05, 0) is 19.8 Å². The third-order valence-electron chi connectivity index (χ3n) is 2.58. The van der Waals surface area contributed by atoms with E-state index in [1.807, 2.05) is 13.8 Å². The van der Waals surface area contributed by atoms with Gasteiger partial charge in [-0.2, -0.15) is 4.31 Å². The normalized spacial score (nSPS) is 12.4. The highest BCUT2D eigenvalue weighted by Gasteiger charge is 2.33. The minimum absolute atomic E-state index is 0.0568. The Morgan fingerprint density at radius 2 is 2.00 bits per heavy atom. The maximum Gasteiger partial charge on any atom is 0.358 e. The smallest absolute Gasteiger partial charge is 0.358 e. The monoisotopic (exact) mass is 320 g/mol. The van der Waals surface area contributed by atoms with Crippen LogP contribution in [-0.2, 0) is 14.8 Å². The summed E-state index contributed by atoms with van der Waals surface area (Å²) >= 11 is 0.931. The van der Waals surface area contributed by atoms with E-state index in [2.05, 4.69) is 9.72 Å². The predicted octanol–water partition coefficient (Wildman–Crippen LogP) is 1.98. The molecule has 0 saturated carbocycles. The minimum Gasteiger partial charge on any atom is -0.464 e. The van der Waals surface area contributed by atoms with Crippen LogP contribution in [0.2, 0.25) is 0 Å². The summed E-state index contributed by atoms with van der Waals surface area (Å²) in [6, 6.07) is -0.199. The lowest BCUT2D eigenvalue weighted by atomic mass is 10.2. The summed E-state index contributed by atoms with van der Waals surface area (Å²) in [5.41, 5.74) is 1.19. The Bertz CT molecular complexity index is 564. The first kappa shape index (κ1) is 17.1. The zero-order valence-corrected chi connectivity index (χ0v) is 13.9. The van der Waals surface area contributed by atoms with Crippen molar-refractivity contribution in [3.63, 3.8) is 0 Å². The molecule has 6 nitrogen and oxygen atoms in total. The average Bonchev–Trinajstić information content (AvgIpc) is 2.84. The van der Waals surface area contributed by atoms with Gasteiger partial charge in [-0.1, -0.05) is 13.8 Å². The molecule has 1 aromatic heterocycles. The van der Waals surface area contributed by atoms with Crippen molar-refractivity contribution in [2.75, 3.05) is 13.7 Å². The lowest BCUT2D eigenvalue weighted by Gasteiger charge is -2.26. The molecule has 0 aliphatic rings. The molecule has 0 aliphatic carbocycles. The second-order valence-corrected chi connectivity index (χ2v) is 7.98. The lowest BCUT2D eigenvalue weighted by molar-refractivity contribution is 0.0590. The molecule has 0 bridgehead atoms. The summed E-state index contributed by atoms with van der Waals surface area (Å²) in [5, 5.41) is 0. The predicted molar refractivity (Wildman–Crippen MR) is 77.3 cm³/mol. The van der Waals surface area contributed by atoms with E-state index in [0.29, 0.717) is 6.54 Å². The Morgan fingerprint density at radius 1 is 1.40 bits per heavy atom. The number of methoxy groups -OCH3 is 1. The molecule has 8 heteroatoms. The summed E-state index contributed by atoms with van der Waals surface area (Å²) < 4.78 is 31.3. The van der Waals surface area contributed by atoms with Gasteiger partial charge in [-0.15, -0.1) is 11.3 Å². The number of nitrogens with zero attached hydrogens (tertiary/aromatic N) is 2. The molecule has 1 rings (SSSR count). The molecule has 0 saturated heterocycles. The highest BCUT2D eigenvalue weighted by molar-refractivity contribution is 7.91. The molecule has 0 fully saturated rings. The van der Waals surface area contributed by atoms with E-state index in [9.17, 15) is 13.2 Å². The first-order valence-corrected chi connectivity index (χ1v) is 8.57. The van der Waals surface area contributed by atoms with Crippen LogP contribution in [0.3, 0.4) is 0 Å². The Labute approximate surface area is 123 Å². The minimum atomic E-state index is -3.75. The molecule has 0 radical (unpaired) electrons. The highest BCUT2D eigenvalue weighted by atomic mass is 32.2. The molecule has 1 heterocycles. The van der Waals surface area contributed by atoms with E-state index < -0.39 is 16.0 Å². The standard InChI is InChI=1S/C12H20N2O4S2/c1-8(2)6-14(9(3)4)20(16,17)12-10(11(15)18-5)13-7-19-12/h7-9H,6H2,1-5H3. The van der Waals surface area contributed by atoms with E-state index in [1.165, 1.54) is 16.9 Å². The first-order chi connectivity index (χ1) is 9.21. The van der Waals surface area contributed by atoms with Crippen LogP contribution in [0.15, 0.2) is 9.72 Å². The van der Waals surface area contributed by atoms with Gasteiger partial charge in [0.1, 0.15) is 0 Å². The number of carbonyl (C=O) groups is 1. The molecule has 0 amide bonds. The van der Waals surface area contributed by atoms with Gasteiger partial charge < -0.3 is 4.74 Å². The van der Waals surface area contributed by atoms with Crippen molar-refractivity contribution in [3.8, 4) is 0 Å². The second-order valence-electron chi connectivity index (χ2n) is 5.04. The summed E-state index contributed by atoms with van der Waals surface area (Å²) in [5.74, 6) is -0.556. The third-order valence-corrected chi connectivity index (χ3v) is 5.97. The summed E-state index contributed by atoms with van der Waals surface area (Å²) in [6.45, 7) is 7.88. The fraction of sp³-hybridized carbons (Fsp3) is 0.667. The van der Waals surface area contributed by atoms with Crippen molar-refractivity contribution in [1.82, 2.24) is 9.29 Å². The number of hydrogen-bond donors (Lipinski definition) is 0. The Morgan fingerprint density at radius 3 is 2.45 bits per heavy atom. The highest BCUT2D eigenvalue weighted by Crippen LogP contribution is 2.26. The molecular formula is C12H20N2O4S2. The van der Waals surface area contributed by atoms with E-state index >= 15 is 0 Å². The van der Waals surface area contributed by atoms with Gasteiger partial charge >= 0.3 is 5.97 Å². The van der Waals surface area contributed by atoms with Crippen LogP contribution in [-0.4, -0.2) is 43.4 Å². The number of rotatable bonds is 6. The molecular weight excluding hydrogens is 300 g/mol. The van der Waals surface area contributed by atoms with E-state index in [-0.39, 0.29) is 21.9 Å². The summed E-state index contributed by atoms with van der Waals surface area (Å²) in [7, 11) is -2.55. The Kier molecular flexibility index (Phi) is 5.67. The maximum atomic E-state index is 12.7. The van der Waals surface area contributed by atoms with Crippen molar-refractivity contribution >= 4 is 27.3 Å². The van der Waals surface area contributed by atoms with Crippen molar-refractivity contribution < 1.29 is 17.9 Å². The Balaban J connectivity index is 3.27. The molecule has 1 aromatic rings. The average molecular weight is 320 g/mol. The number of hydrogen-bond acceptors (Lipinski definition) is 6. The van der Waals surface area contributed by atoms with Crippen molar-refractivity contribution in [1.29, 1.82) is 0 Å². The molecule has 20 heavy (non-hydrogen) atoms. The van der Waals surface area contributed by atoms with E-state index in [0.717, 1.165) is 11.3 Å². The fourth-order valence-electron chi connectivity index (χ4n) is 1.70.